The van der Waals surface area contributed by atoms with Crippen molar-refractivity contribution in [3.63, 3.8) is 0 Å². The summed E-state index contributed by atoms with van der Waals surface area (Å²) in [5.41, 5.74) is -1.05. The van der Waals surface area contributed by atoms with E-state index in [1.165, 1.54) is 13.0 Å². The van der Waals surface area contributed by atoms with Crippen LogP contribution in [0.3, 0.4) is 0 Å². The van der Waals surface area contributed by atoms with E-state index in [1.807, 2.05) is 6.92 Å². The van der Waals surface area contributed by atoms with Crippen LogP contribution >= 0.6 is 0 Å². The van der Waals surface area contributed by atoms with Gasteiger partial charge in [0.15, 0.2) is 5.65 Å². The molecule has 9 heteroatoms. The van der Waals surface area contributed by atoms with E-state index >= 15 is 0 Å². The maximum atomic E-state index is 13.0. The first-order valence-electron chi connectivity index (χ1n) is 8.05. The molecule has 1 fully saturated rings. The molecule has 1 atom stereocenters. The lowest BCUT2D eigenvalue weighted by molar-refractivity contribution is -0.141. The number of aliphatic hydroxyl groups is 1. The van der Waals surface area contributed by atoms with Gasteiger partial charge in [-0.15, -0.1) is 0 Å². The van der Waals surface area contributed by atoms with Crippen LogP contribution in [0.25, 0.3) is 11.2 Å². The quantitative estimate of drug-likeness (QED) is 0.882. The highest BCUT2D eigenvalue weighted by Gasteiger charge is 2.39. The Hall–Kier alpha value is -2.16. The molecule has 3 rings (SSSR count). The van der Waals surface area contributed by atoms with E-state index in [0.29, 0.717) is 0 Å². The zero-order chi connectivity index (χ0) is 18.4. The second-order valence-corrected chi connectivity index (χ2v) is 6.76. The van der Waals surface area contributed by atoms with Crippen molar-refractivity contribution >= 4 is 23.0 Å². The number of aromatic nitrogens is 3. The summed E-state index contributed by atoms with van der Waals surface area (Å²) in [6, 6.07) is 2.14. The van der Waals surface area contributed by atoms with Gasteiger partial charge in [-0.1, -0.05) is 0 Å². The number of anilines is 1. The highest BCUT2D eigenvalue weighted by Crippen LogP contribution is 2.43. The molecule has 6 nitrogen and oxygen atoms in total. The van der Waals surface area contributed by atoms with Gasteiger partial charge >= 0.3 is 6.18 Å². The fourth-order valence-electron chi connectivity index (χ4n) is 3.07. The number of rotatable bonds is 4. The molecule has 136 valence electrons. The minimum absolute atomic E-state index is 0.101. The monoisotopic (exact) mass is 356 g/mol. The Morgan fingerprint density at radius 3 is 2.60 bits per heavy atom. The number of imidazole rings is 1. The van der Waals surface area contributed by atoms with Crippen LogP contribution in [0.15, 0.2) is 12.1 Å². The fraction of sp³-hybridized carbons (Fsp3) is 0.562. The number of amides is 1. The van der Waals surface area contributed by atoms with Crippen LogP contribution in [0.4, 0.5) is 19.1 Å². The smallest absolute Gasteiger partial charge is 0.393 e. The van der Waals surface area contributed by atoms with E-state index < -0.39 is 29.4 Å². The van der Waals surface area contributed by atoms with Crippen molar-refractivity contribution in [1.29, 1.82) is 0 Å². The Balaban J connectivity index is 2.10. The van der Waals surface area contributed by atoms with Crippen molar-refractivity contribution in [3.8, 4) is 0 Å². The zero-order valence-corrected chi connectivity index (χ0v) is 13.9. The van der Waals surface area contributed by atoms with Gasteiger partial charge in [-0.2, -0.15) is 13.2 Å². The van der Waals surface area contributed by atoms with Gasteiger partial charge in [-0.25, -0.2) is 9.97 Å². The molecule has 0 spiro atoms. The topological polar surface area (TPSA) is 80.0 Å². The standard InChI is InChI=1S/C16H19F3N4O2/c1-9(24)8-12(25)22-14-20-10-4-5-11(16(17,18)19)21-13(10)23(14)15(2)6-3-7-15/h4-5,9,24H,3,6-8H2,1-2H3,(H,20,22,25)/t9-/m1/s1. The lowest BCUT2D eigenvalue weighted by atomic mass is 9.78. The third-order valence-electron chi connectivity index (χ3n) is 4.50. The van der Waals surface area contributed by atoms with Crippen LogP contribution < -0.4 is 5.32 Å². The average Bonchev–Trinajstić information content (AvgIpc) is 2.79. The molecule has 1 aliphatic rings. The molecule has 25 heavy (non-hydrogen) atoms. The van der Waals surface area contributed by atoms with E-state index in [1.54, 1.807) is 4.57 Å². The number of nitrogens with one attached hydrogen (secondary N) is 1. The summed E-state index contributed by atoms with van der Waals surface area (Å²) in [5.74, 6) is -0.291. The van der Waals surface area contributed by atoms with Gasteiger partial charge in [0.25, 0.3) is 0 Å². The van der Waals surface area contributed by atoms with Crippen LogP contribution in [0.2, 0.25) is 0 Å². The number of alkyl halides is 3. The lowest BCUT2D eigenvalue weighted by Gasteiger charge is -2.40. The van der Waals surface area contributed by atoms with Crippen LogP contribution in [0.1, 0.15) is 45.2 Å². The Labute approximate surface area is 142 Å². The molecule has 1 aliphatic carbocycles. The molecule has 0 radical (unpaired) electrons. The van der Waals surface area contributed by atoms with E-state index in [-0.39, 0.29) is 23.5 Å². The van der Waals surface area contributed by atoms with E-state index in [2.05, 4.69) is 15.3 Å². The molecule has 2 aromatic heterocycles. The molecule has 0 saturated heterocycles. The van der Waals surface area contributed by atoms with Crippen molar-refractivity contribution in [2.24, 2.45) is 0 Å². The minimum atomic E-state index is -4.56. The maximum absolute atomic E-state index is 13.0. The molecule has 2 heterocycles. The summed E-state index contributed by atoms with van der Waals surface area (Å²) >= 11 is 0. The Morgan fingerprint density at radius 2 is 2.08 bits per heavy atom. The average molecular weight is 356 g/mol. The van der Waals surface area contributed by atoms with Gasteiger partial charge in [-0.05, 0) is 45.2 Å². The number of carbonyl (C=O) groups excluding carboxylic acids is 1. The van der Waals surface area contributed by atoms with E-state index in [0.717, 1.165) is 25.3 Å². The summed E-state index contributed by atoms with van der Waals surface area (Å²) < 4.78 is 40.6. The van der Waals surface area contributed by atoms with Crippen molar-refractivity contribution in [1.82, 2.24) is 14.5 Å². The lowest BCUT2D eigenvalue weighted by Crippen LogP contribution is -2.38. The number of halogens is 3. The molecule has 2 aromatic rings. The third-order valence-corrected chi connectivity index (χ3v) is 4.50. The first kappa shape index (κ1) is 17.7. The van der Waals surface area contributed by atoms with Gasteiger partial charge in [0.1, 0.15) is 11.2 Å². The largest absolute Gasteiger partial charge is 0.433 e. The summed E-state index contributed by atoms with van der Waals surface area (Å²) in [6.45, 7) is 3.39. The van der Waals surface area contributed by atoms with Crippen molar-refractivity contribution < 1.29 is 23.1 Å². The highest BCUT2D eigenvalue weighted by atomic mass is 19.4. The number of carbonyl (C=O) groups is 1. The van der Waals surface area contributed by atoms with Crippen molar-refractivity contribution in [3.05, 3.63) is 17.8 Å². The predicted molar refractivity (Wildman–Crippen MR) is 85.0 cm³/mol. The first-order valence-corrected chi connectivity index (χ1v) is 8.05. The molecule has 1 saturated carbocycles. The third kappa shape index (κ3) is 3.33. The molecule has 2 N–H and O–H groups in total. The molecular weight excluding hydrogens is 337 g/mol. The van der Waals surface area contributed by atoms with E-state index in [4.69, 9.17) is 0 Å². The maximum Gasteiger partial charge on any atom is 0.433 e. The zero-order valence-electron chi connectivity index (χ0n) is 13.9. The second-order valence-electron chi connectivity index (χ2n) is 6.76. The Morgan fingerprint density at radius 1 is 1.40 bits per heavy atom. The molecule has 0 bridgehead atoms. The number of hydrogen-bond acceptors (Lipinski definition) is 4. The van der Waals surface area contributed by atoms with Crippen LogP contribution in [-0.2, 0) is 16.5 Å². The second kappa shape index (κ2) is 5.98. The van der Waals surface area contributed by atoms with Crippen molar-refractivity contribution in [2.45, 2.75) is 57.3 Å². The summed E-state index contributed by atoms with van der Waals surface area (Å²) in [5, 5.41) is 11.9. The minimum Gasteiger partial charge on any atom is -0.393 e. The molecular formula is C16H19F3N4O2. The molecule has 1 amide bonds. The number of aliphatic hydroxyl groups excluding tert-OH is 1. The van der Waals surface area contributed by atoms with Gasteiger partial charge in [-0.3, -0.25) is 14.7 Å². The van der Waals surface area contributed by atoms with Crippen molar-refractivity contribution in [2.75, 3.05) is 5.32 Å². The van der Waals surface area contributed by atoms with Gasteiger partial charge in [0.2, 0.25) is 11.9 Å². The van der Waals surface area contributed by atoms with Gasteiger partial charge < -0.3 is 5.11 Å². The van der Waals surface area contributed by atoms with E-state index in [9.17, 15) is 23.1 Å². The van der Waals surface area contributed by atoms with Crippen LogP contribution in [0, 0.1) is 0 Å². The normalized spacial score (nSPS) is 18.0. The summed E-state index contributed by atoms with van der Waals surface area (Å²) in [7, 11) is 0. The molecule has 0 aromatic carbocycles. The molecule has 0 unspecified atom stereocenters. The highest BCUT2D eigenvalue weighted by molar-refractivity contribution is 5.91. The van der Waals surface area contributed by atoms with Gasteiger partial charge in [0, 0.05) is 5.54 Å². The number of fused-ring (bicyclic) bond motifs is 1. The number of pyridine rings is 1. The first-order chi connectivity index (χ1) is 11.6. The fourth-order valence-corrected chi connectivity index (χ4v) is 3.07. The summed E-state index contributed by atoms with van der Waals surface area (Å²) in [6.07, 6.45) is -3.05. The number of hydrogen-bond donors (Lipinski definition) is 2. The predicted octanol–water partition coefficient (Wildman–Crippen LogP) is 3.06. The SMILES string of the molecule is C[C@@H](O)CC(=O)Nc1nc2ccc(C(F)(F)F)nc2n1C1(C)CCC1. The van der Waals surface area contributed by atoms with Gasteiger partial charge in [0.05, 0.1) is 12.5 Å². The van der Waals surface area contributed by atoms with Crippen LogP contribution in [-0.4, -0.2) is 31.7 Å². The Bertz CT molecular complexity index is 810. The Kier molecular flexibility index (Phi) is 4.22. The van der Waals surface area contributed by atoms with Crippen LogP contribution in [0.5, 0.6) is 0 Å². The number of nitrogens with zero attached hydrogens (tertiary/aromatic N) is 3. The summed E-state index contributed by atoms with van der Waals surface area (Å²) in [4.78, 5) is 20.0. The molecule has 0 aliphatic heterocycles.